The van der Waals surface area contributed by atoms with Gasteiger partial charge in [-0.15, -0.1) is 0 Å². The summed E-state index contributed by atoms with van der Waals surface area (Å²) in [6.07, 6.45) is -0.457. The van der Waals surface area contributed by atoms with E-state index in [1.807, 2.05) is 12.1 Å². The predicted octanol–water partition coefficient (Wildman–Crippen LogP) is 7.38. The number of benzene rings is 5. The molecule has 38 heavy (non-hydrogen) atoms. The molecule has 4 nitrogen and oxygen atoms in total. The summed E-state index contributed by atoms with van der Waals surface area (Å²) < 4.78 is 2.32. The highest BCUT2D eigenvalue weighted by molar-refractivity contribution is 6.09. The highest BCUT2D eigenvalue weighted by Crippen LogP contribution is 2.32. The van der Waals surface area contributed by atoms with Gasteiger partial charge in [0.25, 0.3) is 0 Å². The fraction of sp³-hybridized carbons (Fsp3) is 0.118. The molecular formula is C34H32N4. The van der Waals surface area contributed by atoms with Crippen LogP contribution in [0.3, 0.4) is 0 Å². The zero-order valence-electron chi connectivity index (χ0n) is 21.5. The number of nitrogens with one attached hydrogen (secondary N) is 2. The average Bonchev–Trinajstić information content (AvgIpc) is 3.32. The average molecular weight is 497 g/mol. The van der Waals surface area contributed by atoms with Gasteiger partial charge < -0.3 is 10.3 Å². The molecule has 6 rings (SSSR count). The van der Waals surface area contributed by atoms with E-state index < -0.39 is 0 Å². The lowest BCUT2D eigenvalue weighted by Gasteiger charge is -2.28. The van der Waals surface area contributed by atoms with E-state index in [2.05, 4.69) is 143 Å². The molecule has 4 heteroatoms. The van der Waals surface area contributed by atoms with Crippen LogP contribution < -0.4 is 16.4 Å². The second-order valence-corrected chi connectivity index (χ2v) is 9.75. The molecule has 0 spiro atoms. The molecular weight excluding hydrogens is 464 g/mol. The maximum absolute atomic E-state index is 6.74. The Balaban J connectivity index is 1.27. The minimum absolute atomic E-state index is 0.113. The van der Waals surface area contributed by atoms with Gasteiger partial charge in [0.05, 0.1) is 23.4 Å². The highest BCUT2D eigenvalue weighted by Gasteiger charge is 2.19. The summed E-state index contributed by atoms with van der Waals surface area (Å²) in [6.45, 7) is 2.18. The van der Waals surface area contributed by atoms with Gasteiger partial charge in [-0.25, -0.2) is 0 Å². The molecule has 0 amide bonds. The summed E-state index contributed by atoms with van der Waals surface area (Å²) in [4.78, 5) is 0. The topological polar surface area (TPSA) is 55.0 Å². The van der Waals surface area contributed by atoms with Crippen LogP contribution in [0.25, 0.3) is 27.5 Å². The maximum atomic E-state index is 6.74. The summed E-state index contributed by atoms with van der Waals surface area (Å²) in [5.74, 6) is 0. The Hall–Kier alpha value is -4.22. The number of rotatable bonds is 8. The number of hydrogen-bond acceptors (Lipinski definition) is 3. The maximum Gasteiger partial charge on any atom is 0.0854 e. The lowest BCUT2D eigenvalue weighted by atomic mass is 10.1. The van der Waals surface area contributed by atoms with Crippen LogP contribution in [0.1, 0.15) is 42.0 Å². The first-order valence-corrected chi connectivity index (χ1v) is 13.1. The van der Waals surface area contributed by atoms with Crippen molar-refractivity contribution in [1.82, 2.24) is 15.2 Å². The van der Waals surface area contributed by atoms with E-state index in [-0.39, 0.29) is 18.4 Å². The first kappa shape index (κ1) is 24.1. The number of nitrogens with two attached hydrogens (primary N) is 1. The molecule has 188 valence electrons. The SMILES string of the molecule is CC(NC(NC(N)c1ccc(-n2c3ccccc3c3ccccc32)cc1)c1ccccc1)c1ccccc1. The quantitative estimate of drug-likeness (QED) is 0.193. The minimum Gasteiger partial charge on any atom is -0.312 e. The number of para-hydroxylation sites is 2. The summed E-state index contributed by atoms with van der Waals surface area (Å²) in [7, 11) is 0. The van der Waals surface area contributed by atoms with E-state index in [1.54, 1.807) is 0 Å². The summed E-state index contributed by atoms with van der Waals surface area (Å²) in [5, 5.41) is 9.87. The van der Waals surface area contributed by atoms with Gasteiger partial charge in [0.15, 0.2) is 0 Å². The van der Waals surface area contributed by atoms with E-state index in [1.165, 1.54) is 27.4 Å². The van der Waals surface area contributed by atoms with Crippen molar-refractivity contribution in [3.63, 3.8) is 0 Å². The van der Waals surface area contributed by atoms with Crippen LogP contribution >= 0.6 is 0 Å². The third kappa shape index (κ3) is 4.73. The van der Waals surface area contributed by atoms with Crippen LogP contribution in [0.2, 0.25) is 0 Å². The van der Waals surface area contributed by atoms with Crippen molar-refractivity contribution in [3.8, 4) is 5.69 Å². The standard InChI is InChI=1S/C34H32N4/c1-24(25-12-4-2-5-13-25)36-34(27-14-6-3-7-15-27)37-33(35)26-20-22-28(23-21-26)38-31-18-10-8-16-29(31)30-17-9-11-19-32(30)38/h2-24,33-34,36-37H,35H2,1H3. The van der Waals surface area contributed by atoms with Crippen molar-refractivity contribution in [1.29, 1.82) is 0 Å². The summed E-state index contributed by atoms with van der Waals surface area (Å²) in [6, 6.07) is 46.7. The zero-order valence-corrected chi connectivity index (χ0v) is 21.5. The Morgan fingerprint density at radius 1 is 0.526 bits per heavy atom. The van der Waals surface area contributed by atoms with Crippen LogP contribution in [0.15, 0.2) is 133 Å². The lowest BCUT2D eigenvalue weighted by Crippen LogP contribution is -2.41. The third-order valence-electron chi connectivity index (χ3n) is 7.29. The molecule has 0 bridgehead atoms. The highest BCUT2D eigenvalue weighted by atomic mass is 15.2. The van der Waals surface area contributed by atoms with Crippen molar-refractivity contribution in [2.24, 2.45) is 5.73 Å². The van der Waals surface area contributed by atoms with Crippen LogP contribution in [-0.2, 0) is 0 Å². The number of hydrogen-bond donors (Lipinski definition) is 3. The van der Waals surface area contributed by atoms with Crippen LogP contribution in [-0.4, -0.2) is 4.57 Å². The molecule has 5 aromatic carbocycles. The van der Waals surface area contributed by atoms with Gasteiger partial charge in [-0.05, 0) is 47.9 Å². The largest absolute Gasteiger partial charge is 0.312 e. The Bertz CT molecular complexity index is 1590. The fourth-order valence-electron chi connectivity index (χ4n) is 5.28. The lowest BCUT2D eigenvalue weighted by molar-refractivity contribution is 0.356. The summed E-state index contributed by atoms with van der Waals surface area (Å²) in [5.41, 5.74) is 13.7. The van der Waals surface area contributed by atoms with Gasteiger partial charge in [-0.2, -0.15) is 0 Å². The molecule has 0 aliphatic heterocycles. The molecule has 4 N–H and O–H groups in total. The monoisotopic (exact) mass is 496 g/mol. The summed E-state index contributed by atoms with van der Waals surface area (Å²) >= 11 is 0. The van der Waals surface area contributed by atoms with Crippen molar-refractivity contribution in [3.05, 3.63) is 150 Å². The molecule has 0 saturated heterocycles. The van der Waals surface area contributed by atoms with E-state index in [9.17, 15) is 0 Å². The Morgan fingerprint density at radius 2 is 1.03 bits per heavy atom. The van der Waals surface area contributed by atoms with Crippen molar-refractivity contribution < 1.29 is 0 Å². The first-order chi connectivity index (χ1) is 18.7. The Morgan fingerprint density at radius 3 is 1.61 bits per heavy atom. The third-order valence-corrected chi connectivity index (χ3v) is 7.29. The van der Waals surface area contributed by atoms with E-state index in [4.69, 9.17) is 5.73 Å². The molecule has 3 atom stereocenters. The fourth-order valence-corrected chi connectivity index (χ4v) is 5.28. The molecule has 0 saturated carbocycles. The van der Waals surface area contributed by atoms with Gasteiger partial charge in [0, 0.05) is 22.5 Å². The normalized spacial score (nSPS) is 13.9. The molecule has 1 heterocycles. The molecule has 3 unspecified atom stereocenters. The van der Waals surface area contributed by atoms with Gasteiger partial charge in [0.1, 0.15) is 0 Å². The smallest absolute Gasteiger partial charge is 0.0854 e. The predicted molar refractivity (Wildman–Crippen MR) is 158 cm³/mol. The van der Waals surface area contributed by atoms with Crippen LogP contribution in [0, 0.1) is 0 Å². The van der Waals surface area contributed by atoms with E-state index >= 15 is 0 Å². The van der Waals surface area contributed by atoms with Crippen molar-refractivity contribution >= 4 is 21.8 Å². The van der Waals surface area contributed by atoms with Gasteiger partial charge in [-0.1, -0.05) is 109 Å². The number of aromatic nitrogens is 1. The first-order valence-electron chi connectivity index (χ1n) is 13.1. The second kappa shape index (κ2) is 10.6. The second-order valence-electron chi connectivity index (χ2n) is 9.75. The van der Waals surface area contributed by atoms with Gasteiger partial charge >= 0.3 is 0 Å². The molecule has 0 aliphatic rings. The minimum atomic E-state index is -0.345. The number of nitrogens with zero attached hydrogens (tertiary/aromatic N) is 1. The van der Waals surface area contributed by atoms with Crippen molar-refractivity contribution in [2.75, 3.05) is 0 Å². The zero-order chi connectivity index (χ0) is 25.9. The Labute approximate surface area is 223 Å². The van der Waals surface area contributed by atoms with Crippen molar-refractivity contribution in [2.45, 2.75) is 25.3 Å². The molecule has 0 radical (unpaired) electrons. The van der Waals surface area contributed by atoms with Gasteiger partial charge in [-0.3, -0.25) is 10.6 Å². The van der Waals surface area contributed by atoms with Crippen LogP contribution in [0.4, 0.5) is 0 Å². The molecule has 1 aromatic heterocycles. The number of fused-ring (bicyclic) bond motifs is 3. The van der Waals surface area contributed by atoms with Gasteiger partial charge in [0.2, 0.25) is 0 Å². The molecule has 6 aromatic rings. The van der Waals surface area contributed by atoms with E-state index in [0.717, 1.165) is 16.8 Å². The van der Waals surface area contributed by atoms with E-state index in [0.29, 0.717) is 0 Å². The van der Waals surface area contributed by atoms with Crippen LogP contribution in [0.5, 0.6) is 0 Å². The molecule has 0 fully saturated rings. The molecule has 0 aliphatic carbocycles. The Kier molecular flexibility index (Phi) is 6.76.